The van der Waals surface area contributed by atoms with Gasteiger partial charge in [0.05, 0.1) is 11.0 Å². The first-order valence-corrected chi connectivity index (χ1v) is 7.42. The molecule has 1 aromatic carbocycles. The molecule has 128 valence electrons. The standard InChI is InChI=1S/C14H12NO4.C5H5.Fe/c16-13(10-3-1-2-4-10)9-14(17)11-5-7-12(8-6-11)15(18)19;1-2-4-5-3-1;/h1-8,14,17H,9H2;1-5H;/q;;+2. The Morgan fingerprint density at radius 1 is 0.960 bits per heavy atom. The molecule has 2 saturated carbocycles. The fraction of sp³-hybridized carbons (Fsp3) is 0.105. The maximum Gasteiger partial charge on any atom is 2.00 e. The van der Waals surface area contributed by atoms with Gasteiger partial charge in [-0.25, -0.2) is 0 Å². The number of non-ortho nitro benzene ring substituents is 1. The minimum absolute atomic E-state index is 0. The van der Waals surface area contributed by atoms with E-state index < -0.39 is 11.0 Å². The molecule has 0 spiro atoms. The summed E-state index contributed by atoms with van der Waals surface area (Å²) in [5.74, 6) is 0.400. The van der Waals surface area contributed by atoms with Crippen molar-refractivity contribution in [3.05, 3.63) is 104 Å². The predicted molar refractivity (Wildman–Crippen MR) is 89.6 cm³/mol. The molecule has 0 heterocycles. The van der Waals surface area contributed by atoms with Crippen LogP contribution in [-0.2, 0) is 21.9 Å². The van der Waals surface area contributed by atoms with E-state index in [1.807, 2.05) is 32.1 Å². The van der Waals surface area contributed by atoms with Crippen LogP contribution in [0.15, 0.2) is 24.3 Å². The van der Waals surface area contributed by atoms with Crippen molar-refractivity contribution in [1.29, 1.82) is 0 Å². The second-order valence-corrected chi connectivity index (χ2v) is 5.13. The van der Waals surface area contributed by atoms with Crippen molar-refractivity contribution in [2.24, 2.45) is 0 Å². The molecule has 2 fully saturated rings. The summed E-state index contributed by atoms with van der Waals surface area (Å²) in [5, 5.41) is 20.4. The number of nitro groups is 1. The van der Waals surface area contributed by atoms with E-state index in [0.717, 1.165) is 0 Å². The second kappa shape index (κ2) is 11.4. The van der Waals surface area contributed by atoms with E-state index in [1.54, 1.807) is 25.7 Å². The molecule has 0 bridgehead atoms. The number of hydrogen-bond donors (Lipinski definition) is 1. The first-order valence-electron chi connectivity index (χ1n) is 7.42. The van der Waals surface area contributed by atoms with E-state index in [2.05, 4.69) is 0 Å². The Morgan fingerprint density at radius 2 is 1.44 bits per heavy atom. The fourth-order valence-electron chi connectivity index (χ4n) is 2.11. The molecule has 3 rings (SSSR count). The number of benzene rings is 1. The van der Waals surface area contributed by atoms with Crippen molar-refractivity contribution in [2.75, 3.05) is 0 Å². The Balaban J connectivity index is 0.000000448. The van der Waals surface area contributed by atoms with E-state index in [4.69, 9.17) is 0 Å². The van der Waals surface area contributed by atoms with Crippen molar-refractivity contribution in [2.45, 2.75) is 12.5 Å². The molecule has 10 radical (unpaired) electrons. The smallest absolute Gasteiger partial charge is 0.388 e. The second-order valence-electron chi connectivity index (χ2n) is 5.13. The minimum Gasteiger partial charge on any atom is -0.388 e. The van der Waals surface area contributed by atoms with Gasteiger partial charge in [0.2, 0.25) is 0 Å². The van der Waals surface area contributed by atoms with Gasteiger partial charge in [0.25, 0.3) is 5.69 Å². The van der Waals surface area contributed by atoms with E-state index >= 15 is 0 Å². The van der Waals surface area contributed by atoms with Crippen LogP contribution >= 0.6 is 0 Å². The molecule has 1 atom stereocenters. The van der Waals surface area contributed by atoms with Crippen LogP contribution in [0.5, 0.6) is 0 Å². The van der Waals surface area contributed by atoms with Crippen molar-refractivity contribution >= 4 is 11.5 Å². The van der Waals surface area contributed by atoms with Crippen LogP contribution in [0.25, 0.3) is 0 Å². The molecule has 1 aromatic rings. The Hall–Kier alpha value is -1.23. The molecule has 1 N–H and O–H groups in total. The minimum atomic E-state index is -0.955. The number of ketones is 1. The van der Waals surface area contributed by atoms with Crippen LogP contribution in [0.4, 0.5) is 5.69 Å². The molecule has 0 aliphatic heterocycles. The molecule has 2 aliphatic rings. The third-order valence-corrected chi connectivity index (χ3v) is 3.41. The predicted octanol–water partition coefficient (Wildman–Crippen LogP) is 3.01. The Bertz CT molecular complexity index is 529. The fourth-order valence-corrected chi connectivity index (χ4v) is 2.11. The quantitative estimate of drug-likeness (QED) is 0.485. The third kappa shape index (κ3) is 7.26. The molecule has 1 unspecified atom stereocenters. The van der Waals surface area contributed by atoms with Gasteiger partial charge in [-0.2, -0.15) is 0 Å². The van der Waals surface area contributed by atoms with Gasteiger partial charge in [-0.15, -0.1) is 0 Å². The zero-order valence-electron chi connectivity index (χ0n) is 13.3. The third-order valence-electron chi connectivity index (χ3n) is 3.41. The number of hydrogen-bond acceptors (Lipinski definition) is 4. The maximum atomic E-state index is 11.8. The Kier molecular flexibility index (Phi) is 9.94. The Labute approximate surface area is 159 Å². The van der Waals surface area contributed by atoms with Crippen LogP contribution in [0, 0.1) is 73.8 Å². The van der Waals surface area contributed by atoms with Gasteiger partial charge < -0.3 is 5.11 Å². The number of Topliss-reactive ketones (excluding diaryl/α,β-unsaturated/α-hetero) is 1. The molecule has 2 aliphatic carbocycles. The van der Waals surface area contributed by atoms with Gasteiger partial charge in [0.15, 0.2) is 0 Å². The van der Waals surface area contributed by atoms with Gasteiger partial charge in [0, 0.05) is 24.5 Å². The van der Waals surface area contributed by atoms with Crippen LogP contribution in [0.2, 0.25) is 0 Å². The summed E-state index contributed by atoms with van der Waals surface area (Å²) < 4.78 is 0. The average molecular weight is 379 g/mol. The summed E-state index contributed by atoms with van der Waals surface area (Å²) in [6.45, 7) is 0. The van der Waals surface area contributed by atoms with Crippen molar-refractivity contribution in [3.8, 4) is 0 Å². The number of nitrogens with zero attached hydrogens (tertiary/aromatic N) is 1. The van der Waals surface area contributed by atoms with Gasteiger partial charge >= 0.3 is 17.1 Å². The van der Waals surface area contributed by atoms with Crippen molar-refractivity contribution in [3.63, 3.8) is 0 Å². The van der Waals surface area contributed by atoms with E-state index in [0.29, 0.717) is 11.5 Å². The topological polar surface area (TPSA) is 80.4 Å². The van der Waals surface area contributed by atoms with Gasteiger partial charge in [-0.3, -0.25) is 14.9 Å². The van der Waals surface area contributed by atoms with E-state index in [1.165, 1.54) is 24.3 Å². The average Bonchev–Trinajstić information content (AvgIpc) is 3.30. The molecule has 0 saturated heterocycles. The number of carbonyl (C=O) groups excluding carboxylic acids is 1. The number of aliphatic hydroxyl groups is 1. The first-order chi connectivity index (χ1) is 11.6. The van der Waals surface area contributed by atoms with Crippen LogP contribution in [0.1, 0.15) is 18.1 Å². The zero-order chi connectivity index (χ0) is 17.4. The number of aliphatic hydroxyl groups excluding tert-OH is 1. The zero-order valence-corrected chi connectivity index (χ0v) is 14.4. The number of nitro benzene ring substituents is 1. The number of rotatable bonds is 5. The van der Waals surface area contributed by atoms with E-state index in [-0.39, 0.29) is 35.0 Å². The number of carbonyl (C=O) groups is 1. The van der Waals surface area contributed by atoms with Crippen LogP contribution in [-0.4, -0.2) is 15.8 Å². The molecule has 0 amide bonds. The maximum absolute atomic E-state index is 11.8. The normalized spacial score (nSPS) is 18.0. The SMILES string of the molecule is O=C(CC(O)c1ccc([N+](=O)[O-])cc1)[C]1[CH][CH][CH][CH]1.[CH]1[CH][CH][CH][CH]1.[Fe+2]. The largest absolute Gasteiger partial charge is 2.00 e. The summed E-state index contributed by atoms with van der Waals surface area (Å²) in [7, 11) is 0. The molecule has 5 nitrogen and oxygen atoms in total. The van der Waals surface area contributed by atoms with Crippen LogP contribution < -0.4 is 0 Å². The van der Waals surface area contributed by atoms with Crippen molar-refractivity contribution < 1.29 is 31.9 Å². The molecule has 6 heteroatoms. The molecular formula is C19H17FeNO4+2. The monoisotopic (exact) mass is 379 g/mol. The van der Waals surface area contributed by atoms with Gasteiger partial charge in [0.1, 0.15) is 5.78 Å². The van der Waals surface area contributed by atoms with Crippen LogP contribution in [0.3, 0.4) is 0 Å². The summed E-state index contributed by atoms with van der Waals surface area (Å²) in [5.41, 5.74) is 0.448. The summed E-state index contributed by atoms with van der Waals surface area (Å²) in [6, 6.07) is 5.54. The molecule has 25 heavy (non-hydrogen) atoms. The first kappa shape index (κ1) is 21.8. The van der Waals surface area contributed by atoms with Crippen molar-refractivity contribution in [1.82, 2.24) is 0 Å². The summed E-state index contributed by atoms with van der Waals surface area (Å²) >= 11 is 0. The Morgan fingerprint density at radius 3 is 1.88 bits per heavy atom. The molecule has 0 aromatic heterocycles. The van der Waals surface area contributed by atoms with E-state index in [9.17, 15) is 20.0 Å². The van der Waals surface area contributed by atoms with Gasteiger partial charge in [-0.1, -0.05) is 0 Å². The molecular weight excluding hydrogens is 362 g/mol. The summed E-state index contributed by atoms with van der Waals surface area (Å²) in [4.78, 5) is 21.8. The summed E-state index contributed by atoms with van der Waals surface area (Å²) in [6.07, 6.45) is 15.9. The van der Waals surface area contributed by atoms with Gasteiger partial charge in [-0.05, 0) is 75.5 Å².